The second kappa shape index (κ2) is 9.07. The number of aromatic nitrogens is 6. The van der Waals surface area contributed by atoms with Crippen molar-refractivity contribution in [2.75, 3.05) is 5.32 Å². The zero-order valence-electron chi connectivity index (χ0n) is 19.6. The summed E-state index contributed by atoms with van der Waals surface area (Å²) in [5.74, 6) is 0.662. The van der Waals surface area contributed by atoms with Gasteiger partial charge in [0.2, 0.25) is 5.91 Å². The van der Waals surface area contributed by atoms with Crippen molar-refractivity contribution in [1.82, 2.24) is 30.1 Å². The van der Waals surface area contributed by atoms with Crippen LogP contribution in [0.3, 0.4) is 0 Å². The van der Waals surface area contributed by atoms with Gasteiger partial charge in [-0.25, -0.2) is 4.98 Å². The molecule has 0 atom stereocenters. The van der Waals surface area contributed by atoms with E-state index in [2.05, 4.69) is 36.5 Å². The SMILES string of the molecule is CCCC(=O)Nc1cncc(-c2ccc3[nH]nc(-c4nc5c(-c6ccccn6)cccc5[nH]4)c3c2)c1. The number of amides is 1. The molecule has 0 aliphatic heterocycles. The molecule has 0 unspecified atom stereocenters. The second-order valence-corrected chi connectivity index (χ2v) is 8.60. The van der Waals surface area contributed by atoms with Gasteiger partial charge >= 0.3 is 0 Å². The highest BCUT2D eigenvalue weighted by Crippen LogP contribution is 2.33. The molecule has 0 fully saturated rings. The van der Waals surface area contributed by atoms with E-state index in [1.807, 2.05) is 61.5 Å². The van der Waals surface area contributed by atoms with Crippen molar-refractivity contribution in [3.63, 3.8) is 0 Å². The van der Waals surface area contributed by atoms with Gasteiger partial charge in [0.15, 0.2) is 5.82 Å². The molecule has 8 heteroatoms. The van der Waals surface area contributed by atoms with Crippen LogP contribution in [0.15, 0.2) is 79.3 Å². The minimum Gasteiger partial charge on any atom is -0.337 e. The smallest absolute Gasteiger partial charge is 0.224 e. The summed E-state index contributed by atoms with van der Waals surface area (Å²) in [5.41, 5.74) is 7.78. The molecule has 0 bridgehead atoms. The number of hydrogen-bond acceptors (Lipinski definition) is 5. The van der Waals surface area contributed by atoms with E-state index < -0.39 is 0 Å². The molecule has 6 aromatic rings. The Bertz CT molecular complexity index is 1700. The molecule has 2 aromatic carbocycles. The fraction of sp³-hybridized carbons (Fsp3) is 0.107. The topological polar surface area (TPSA) is 112 Å². The van der Waals surface area contributed by atoms with Crippen molar-refractivity contribution in [1.29, 1.82) is 0 Å². The third-order valence-corrected chi connectivity index (χ3v) is 6.07. The lowest BCUT2D eigenvalue weighted by Gasteiger charge is -2.07. The predicted octanol–water partition coefficient (Wildman–Crippen LogP) is 5.97. The first-order valence-corrected chi connectivity index (χ1v) is 11.8. The van der Waals surface area contributed by atoms with E-state index in [1.165, 1.54) is 0 Å². The Morgan fingerprint density at radius 1 is 0.972 bits per heavy atom. The van der Waals surface area contributed by atoms with Crippen molar-refractivity contribution < 1.29 is 4.79 Å². The molecule has 0 spiro atoms. The van der Waals surface area contributed by atoms with Gasteiger partial charge in [0.05, 0.1) is 34.1 Å². The summed E-state index contributed by atoms with van der Waals surface area (Å²) in [4.78, 5) is 29.2. The lowest BCUT2D eigenvalue weighted by molar-refractivity contribution is -0.116. The second-order valence-electron chi connectivity index (χ2n) is 8.60. The molecule has 36 heavy (non-hydrogen) atoms. The van der Waals surface area contributed by atoms with Gasteiger partial charge in [-0.15, -0.1) is 0 Å². The van der Waals surface area contributed by atoms with Crippen molar-refractivity contribution in [2.24, 2.45) is 0 Å². The van der Waals surface area contributed by atoms with Gasteiger partial charge in [-0.1, -0.05) is 31.2 Å². The third kappa shape index (κ3) is 3.98. The number of fused-ring (bicyclic) bond motifs is 2. The van der Waals surface area contributed by atoms with Gasteiger partial charge in [0.25, 0.3) is 0 Å². The number of pyridine rings is 2. The average molecular weight is 474 g/mol. The van der Waals surface area contributed by atoms with Gasteiger partial charge in [-0.3, -0.25) is 19.9 Å². The number of carbonyl (C=O) groups excluding carboxylic acids is 1. The number of benzene rings is 2. The molecule has 8 nitrogen and oxygen atoms in total. The van der Waals surface area contributed by atoms with Crippen LogP contribution in [0.4, 0.5) is 5.69 Å². The Hall–Kier alpha value is -4.85. The summed E-state index contributed by atoms with van der Waals surface area (Å²) >= 11 is 0. The van der Waals surface area contributed by atoms with Gasteiger partial charge in [-0.05, 0) is 48.4 Å². The number of nitrogens with one attached hydrogen (secondary N) is 3. The number of para-hydroxylation sites is 1. The summed E-state index contributed by atoms with van der Waals surface area (Å²) < 4.78 is 0. The molecule has 0 aliphatic rings. The molecule has 6 rings (SSSR count). The van der Waals surface area contributed by atoms with Crippen LogP contribution >= 0.6 is 0 Å². The van der Waals surface area contributed by atoms with E-state index in [0.29, 0.717) is 17.9 Å². The molecule has 0 aliphatic carbocycles. The molecule has 3 N–H and O–H groups in total. The largest absolute Gasteiger partial charge is 0.337 e. The van der Waals surface area contributed by atoms with E-state index in [-0.39, 0.29) is 5.91 Å². The molecule has 4 aromatic heterocycles. The summed E-state index contributed by atoms with van der Waals surface area (Å²) in [6.45, 7) is 1.98. The monoisotopic (exact) mass is 473 g/mol. The normalized spacial score (nSPS) is 11.2. The van der Waals surface area contributed by atoms with Gasteiger partial charge in [0, 0.05) is 35.3 Å². The van der Waals surface area contributed by atoms with Gasteiger partial charge < -0.3 is 10.3 Å². The van der Waals surface area contributed by atoms with E-state index >= 15 is 0 Å². The Morgan fingerprint density at radius 2 is 1.92 bits per heavy atom. The van der Waals surface area contributed by atoms with Crippen molar-refractivity contribution in [3.8, 4) is 33.9 Å². The maximum Gasteiger partial charge on any atom is 0.224 e. The molecule has 176 valence electrons. The quantitative estimate of drug-likeness (QED) is 0.276. The molecule has 0 saturated heterocycles. The van der Waals surface area contributed by atoms with Gasteiger partial charge in [0.1, 0.15) is 5.69 Å². The summed E-state index contributed by atoms with van der Waals surface area (Å²) in [6.07, 6.45) is 6.50. The molecule has 1 amide bonds. The van der Waals surface area contributed by atoms with Crippen LogP contribution in [0.1, 0.15) is 19.8 Å². The van der Waals surface area contributed by atoms with Crippen LogP contribution in [0.2, 0.25) is 0 Å². The lowest BCUT2D eigenvalue weighted by Crippen LogP contribution is -2.10. The first-order chi connectivity index (χ1) is 17.7. The number of hydrogen-bond donors (Lipinski definition) is 3. The van der Waals surface area contributed by atoms with Gasteiger partial charge in [-0.2, -0.15) is 5.10 Å². The summed E-state index contributed by atoms with van der Waals surface area (Å²) in [7, 11) is 0. The highest BCUT2D eigenvalue weighted by molar-refractivity contribution is 5.98. The maximum atomic E-state index is 12.0. The minimum atomic E-state index is -0.0148. The number of H-pyrrole nitrogens is 2. The standard InChI is InChI=1S/C28H23N7O/c1-2-6-25(36)31-19-13-18(15-29-16-19)17-10-11-23-21(14-17)27(35-34-23)28-32-24-9-5-7-20(26(24)33-28)22-8-3-4-12-30-22/h3-5,7-16H,2,6H2,1H3,(H,31,36)(H,32,33)(H,34,35). The Kier molecular flexibility index (Phi) is 5.46. The number of nitrogens with zero attached hydrogens (tertiary/aromatic N) is 4. The number of anilines is 1. The Balaban J connectivity index is 1.40. The zero-order valence-corrected chi connectivity index (χ0v) is 19.6. The first-order valence-electron chi connectivity index (χ1n) is 11.8. The van der Waals surface area contributed by atoms with Crippen LogP contribution in [-0.4, -0.2) is 36.0 Å². The molecular formula is C28H23N7O. The Morgan fingerprint density at radius 3 is 2.78 bits per heavy atom. The van der Waals surface area contributed by atoms with Crippen molar-refractivity contribution in [2.45, 2.75) is 19.8 Å². The van der Waals surface area contributed by atoms with Crippen molar-refractivity contribution >= 4 is 33.5 Å². The minimum absolute atomic E-state index is 0.0148. The molecule has 0 radical (unpaired) electrons. The summed E-state index contributed by atoms with van der Waals surface area (Å²) in [5, 5.41) is 11.5. The number of carbonyl (C=O) groups is 1. The molecular weight excluding hydrogens is 450 g/mol. The van der Waals surface area contributed by atoms with Crippen LogP contribution in [0, 0.1) is 0 Å². The van der Waals surface area contributed by atoms with Crippen molar-refractivity contribution in [3.05, 3.63) is 79.3 Å². The van der Waals surface area contributed by atoms with E-state index in [0.717, 1.165) is 56.4 Å². The zero-order chi connectivity index (χ0) is 24.5. The van der Waals surface area contributed by atoms with E-state index in [9.17, 15) is 4.79 Å². The van der Waals surface area contributed by atoms with Crippen LogP contribution in [0.5, 0.6) is 0 Å². The number of imidazole rings is 1. The van der Waals surface area contributed by atoms with E-state index in [4.69, 9.17) is 4.98 Å². The molecule has 0 saturated carbocycles. The summed E-state index contributed by atoms with van der Waals surface area (Å²) in [6, 6.07) is 19.9. The van der Waals surface area contributed by atoms with Crippen LogP contribution in [-0.2, 0) is 4.79 Å². The third-order valence-electron chi connectivity index (χ3n) is 6.07. The fourth-order valence-corrected chi connectivity index (χ4v) is 4.36. The fourth-order valence-electron chi connectivity index (χ4n) is 4.36. The number of aromatic amines is 2. The lowest BCUT2D eigenvalue weighted by atomic mass is 10.0. The highest BCUT2D eigenvalue weighted by Gasteiger charge is 2.16. The first kappa shape index (κ1) is 21.7. The average Bonchev–Trinajstić information content (AvgIpc) is 3.53. The van der Waals surface area contributed by atoms with Crippen LogP contribution < -0.4 is 5.32 Å². The molecule has 4 heterocycles. The number of rotatable bonds is 6. The van der Waals surface area contributed by atoms with E-state index in [1.54, 1.807) is 18.6 Å². The predicted molar refractivity (Wildman–Crippen MR) is 141 cm³/mol. The maximum absolute atomic E-state index is 12.0. The van der Waals surface area contributed by atoms with Crippen LogP contribution in [0.25, 0.3) is 55.8 Å². The highest BCUT2D eigenvalue weighted by atomic mass is 16.1. The Labute approximate surface area is 206 Å².